The van der Waals surface area contributed by atoms with E-state index in [1.54, 1.807) is 16.9 Å². The van der Waals surface area contributed by atoms with E-state index in [-0.39, 0.29) is 11.6 Å². The number of hydrogen-bond acceptors (Lipinski definition) is 4. The molecule has 1 aliphatic heterocycles. The molecule has 0 saturated carbocycles. The lowest BCUT2D eigenvalue weighted by molar-refractivity contribution is 0.210. The first-order valence-electron chi connectivity index (χ1n) is 7.40. The Bertz CT molecular complexity index is 640. The summed E-state index contributed by atoms with van der Waals surface area (Å²) in [6.45, 7) is 1.95. The summed E-state index contributed by atoms with van der Waals surface area (Å²) >= 11 is 5.73. The number of nitrogens with zero attached hydrogens (tertiary/aromatic N) is 3. The van der Waals surface area contributed by atoms with Crippen LogP contribution >= 0.6 is 11.6 Å². The van der Waals surface area contributed by atoms with Gasteiger partial charge in [-0.05, 0) is 44.5 Å². The lowest BCUT2D eigenvalue weighted by Gasteiger charge is -2.13. The molecule has 118 valence electrons. The van der Waals surface area contributed by atoms with Crippen molar-refractivity contribution in [2.75, 3.05) is 13.1 Å². The third-order valence-corrected chi connectivity index (χ3v) is 4.22. The highest BCUT2D eigenvalue weighted by Crippen LogP contribution is 2.26. The van der Waals surface area contributed by atoms with E-state index in [9.17, 15) is 9.50 Å². The zero-order valence-electron chi connectivity index (χ0n) is 12.0. The molecule has 0 aliphatic carbocycles. The maximum absolute atomic E-state index is 13.9. The van der Waals surface area contributed by atoms with Gasteiger partial charge in [0, 0.05) is 10.6 Å². The van der Waals surface area contributed by atoms with Gasteiger partial charge in [0.05, 0.1) is 12.2 Å². The minimum atomic E-state index is -1.14. The minimum absolute atomic E-state index is 0.152. The molecule has 1 aromatic carbocycles. The first kappa shape index (κ1) is 15.4. The molecule has 2 aromatic rings. The highest BCUT2D eigenvalue weighted by atomic mass is 35.5. The number of aromatic nitrogens is 3. The summed E-state index contributed by atoms with van der Waals surface area (Å²) in [5.74, 6) is -0.548. The van der Waals surface area contributed by atoms with Crippen molar-refractivity contribution in [3.63, 3.8) is 0 Å². The molecule has 0 spiro atoms. The SMILES string of the molecule is OC(c1cn(C2CCCNCC2)nn1)c1ccc(Cl)cc1F. The number of nitrogens with one attached hydrogen (secondary N) is 1. The van der Waals surface area contributed by atoms with E-state index in [4.69, 9.17) is 11.6 Å². The van der Waals surface area contributed by atoms with Crippen LogP contribution in [0.5, 0.6) is 0 Å². The second-order valence-corrected chi connectivity index (χ2v) is 5.96. The first-order chi connectivity index (χ1) is 10.6. The van der Waals surface area contributed by atoms with Gasteiger partial charge in [0.25, 0.3) is 0 Å². The molecule has 22 heavy (non-hydrogen) atoms. The largest absolute Gasteiger partial charge is 0.382 e. The van der Waals surface area contributed by atoms with Crippen molar-refractivity contribution in [3.05, 3.63) is 46.5 Å². The Kier molecular flexibility index (Phi) is 4.71. The molecule has 0 bridgehead atoms. The van der Waals surface area contributed by atoms with Gasteiger partial charge in [-0.3, -0.25) is 0 Å². The summed E-state index contributed by atoms with van der Waals surface area (Å²) in [6.07, 6.45) is 3.62. The summed E-state index contributed by atoms with van der Waals surface area (Å²) < 4.78 is 15.7. The fourth-order valence-corrected chi connectivity index (χ4v) is 2.90. The van der Waals surface area contributed by atoms with Crippen LogP contribution < -0.4 is 5.32 Å². The molecule has 1 aliphatic rings. The topological polar surface area (TPSA) is 63.0 Å². The quantitative estimate of drug-likeness (QED) is 0.910. The monoisotopic (exact) mass is 324 g/mol. The molecule has 2 N–H and O–H groups in total. The maximum atomic E-state index is 13.9. The van der Waals surface area contributed by atoms with E-state index in [2.05, 4.69) is 15.6 Å². The molecule has 7 heteroatoms. The number of hydrogen-bond donors (Lipinski definition) is 2. The second kappa shape index (κ2) is 6.73. The summed E-state index contributed by atoms with van der Waals surface area (Å²) in [5, 5.41) is 22.1. The van der Waals surface area contributed by atoms with E-state index >= 15 is 0 Å². The molecule has 1 fully saturated rings. The van der Waals surface area contributed by atoms with Crippen LogP contribution in [-0.4, -0.2) is 33.2 Å². The Labute approximate surface area is 133 Å². The summed E-state index contributed by atoms with van der Waals surface area (Å²) in [4.78, 5) is 0. The summed E-state index contributed by atoms with van der Waals surface area (Å²) in [5.41, 5.74) is 0.498. The van der Waals surface area contributed by atoms with Gasteiger partial charge in [-0.1, -0.05) is 22.9 Å². The molecule has 3 rings (SSSR count). The van der Waals surface area contributed by atoms with Crippen LogP contribution in [0.1, 0.15) is 42.7 Å². The molecule has 5 nitrogen and oxygen atoms in total. The predicted molar refractivity (Wildman–Crippen MR) is 81.3 cm³/mol. The minimum Gasteiger partial charge on any atom is -0.382 e. The molecule has 1 saturated heterocycles. The number of aliphatic hydroxyl groups is 1. The van der Waals surface area contributed by atoms with Crippen LogP contribution in [0.25, 0.3) is 0 Å². The van der Waals surface area contributed by atoms with Crippen molar-refractivity contribution in [2.45, 2.75) is 31.4 Å². The van der Waals surface area contributed by atoms with E-state index in [0.29, 0.717) is 10.7 Å². The van der Waals surface area contributed by atoms with Crippen molar-refractivity contribution < 1.29 is 9.50 Å². The van der Waals surface area contributed by atoms with Crippen LogP contribution in [0, 0.1) is 5.82 Å². The van der Waals surface area contributed by atoms with E-state index in [1.165, 1.54) is 12.1 Å². The van der Waals surface area contributed by atoms with Crippen molar-refractivity contribution in [1.29, 1.82) is 0 Å². The average molecular weight is 325 g/mol. The van der Waals surface area contributed by atoms with Crippen molar-refractivity contribution >= 4 is 11.6 Å². The number of benzene rings is 1. The van der Waals surface area contributed by atoms with Gasteiger partial charge in [-0.25, -0.2) is 9.07 Å². The fourth-order valence-electron chi connectivity index (χ4n) is 2.74. The van der Waals surface area contributed by atoms with E-state index < -0.39 is 11.9 Å². The first-order valence-corrected chi connectivity index (χ1v) is 7.78. The van der Waals surface area contributed by atoms with Crippen LogP contribution in [0.2, 0.25) is 5.02 Å². The third-order valence-electron chi connectivity index (χ3n) is 3.98. The van der Waals surface area contributed by atoms with Crippen LogP contribution in [0.15, 0.2) is 24.4 Å². The Hall–Kier alpha value is -1.50. The smallest absolute Gasteiger partial charge is 0.130 e. The predicted octanol–water partition coefficient (Wildman–Crippen LogP) is 2.47. The van der Waals surface area contributed by atoms with Gasteiger partial charge in [-0.15, -0.1) is 5.10 Å². The van der Waals surface area contributed by atoms with E-state index in [1.807, 2.05) is 0 Å². The standard InChI is InChI=1S/C15H18ClFN4O/c16-10-3-4-12(13(17)8-10)15(22)14-9-21(20-19-14)11-2-1-6-18-7-5-11/h3-4,8-9,11,15,18,22H,1-2,5-7H2. The average Bonchev–Trinajstić information content (AvgIpc) is 2.82. The molecule has 0 amide bonds. The van der Waals surface area contributed by atoms with Gasteiger partial charge < -0.3 is 10.4 Å². The highest BCUT2D eigenvalue weighted by Gasteiger charge is 2.21. The summed E-state index contributed by atoms with van der Waals surface area (Å²) in [6, 6.07) is 4.46. The molecular weight excluding hydrogens is 307 g/mol. The fraction of sp³-hybridized carbons (Fsp3) is 0.467. The Morgan fingerprint density at radius 1 is 1.36 bits per heavy atom. The summed E-state index contributed by atoms with van der Waals surface area (Å²) in [7, 11) is 0. The van der Waals surface area contributed by atoms with Crippen molar-refractivity contribution in [3.8, 4) is 0 Å². The second-order valence-electron chi connectivity index (χ2n) is 5.53. The van der Waals surface area contributed by atoms with Crippen LogP contribution in [-0.2, 0) is 0 Å². The van der Waals surface area contributed by atoms with Crippen LogP contribution in [0.3, 0.4) is 0 Å². The van der Waals surface area contributed by atoms with Gasteiger partial charge in [0.1, 0.15) is 17.6 Å². The van der Waals surface area contributed by atoms with Crippen molar-refractivity contribution in [2.24, 2.45) is 0 Å². The van der Waals surface area contributed by atoms with Crippen LogP contribution in [0.4, 0.5) is 4.39 Å². The molecular formula is C15H18ClFN4O. The highest BCUT2D eigenvalue weighted by molar-refractivity contribution is 6.30. The molecule has 2 atom stereocenters. The van der Waals surface area contributed by atoms with Gasteiger partial charge >= 0.3 is 0 Å². The Morgan fingerprint density at radius 3 is 3.05 bits per heavy atom. The van der Waals surface area contributed by atoms with Gasteiger partial charge in [0.2, 0.25) is 0 Å². The number of aliphatic hydroxyl groups excluding tert-OH is 1. The molecule has 2 unspecified atom stereocenters. The maximum Gasteiger partial charge on any atom is 0.130 e. The van der Waals surface area contributed by atoms with Gasteiger partial charge in [-0.2, -0.15) is 0 Å². The molecule has 0 radical (unpaired) electrons. The van der Waals surface area contributed by atoms with Gasteiger partial charge in [0.15, 0.2) is 0 Å². The van der Waals surface area contributed by atoms with Crippen molar-refractivity contribution in [1.82, 2.24) is 20.3 Å². The normalized spacial score (nSPS) is 20.6. The lowest BCUT2D eigenvalue weighted by atomic mass is 10.1. The Morgan fingerprint density at radius 2 is 2.23 bits per heavy atom. The molecule has 1 aromatic heterocycles. The number of halogens is 2. The third kappa shape index (κ3) is 3.29. The molecule has 2 heterocycles. The number of rotatable bonds is 3. The lowest BCUT2D eigenvalue weighted by Crippen LogP contribution is -2.15. The zero-order valence-corrected chi connectivity index (χ0v) is 12.8. The van der Waals surface area contributed by atoms with E-state index in [0.717, 1.165) is 32.4 Å². The zero-order chi connectivity index (χ0) is 15.5. The Balaban J connectivity index is 1.80.